The molecule has 1 rings (SSSR count). The van der Waals surface area contributed by atoms with Crippen molar-refractivity contribution in [1.82, 2.24) is 10.6 Å². The van der Waals surface area contributed by atoms with Gasteiger partial charge in [0.2, 0.25) is 0 Å². The van der Waals surface area contributed by atoms with Crippen LogP contribution in [-0.2, 0) is 11.3 Å². The standard InChI is InChI=1S/C16H26N2O3/c1-5-12(3)18-16(19)11-21-15-9-13(10-17-6-2)7-8-14(15)20-4/h7-9,12,17H,5-6,10-11H2,1-4H3,(H,18,19). The fourth-order valence-corrected chi connectivity index (χ4v) is 1.78. The van der Waals surface area contributed by atoms with E-state index in [4.69, 9.17) is 9.47 Å². The molecule has 118 valence electrons. The summed E-state index contributed by atoms with van der Waals surface area (Å²) in [7, 11) is 1.59. The normalized spacial score (nSPS) is 11.8. The molecule has 0 saturated heterocycles. The molecular weight excluding hydrogens is 268 g/mol. The number of methoxy groups -OCH3 is 1. The third-order valence-electron chi connectivity index (χ3n) is 3.19. The number of rotatable bonds is 9. The summed E-state index contributed by atoms with van der Waals surface area (Å²) in [4.78, 5) is 11.8. The molecule has 0 bridgehead atoms. The molecule has 5 nitrogen and oxygen atoms in total. The highest BCUT2D eigenvalue weighted by molar-refractivity contribution is 5.77. The molecule has 1 unspecified atom stereocenters. The average Bonchev–Trinajstić information content (AvgIpc) is 2.50. The highest BCUT2D eigenvalue weighted by atomic mass is 16.5. The second-order valence-corrected chi connectivity index (χ2v) is 4.93. The monoisotopic (exact) mass is 294 g/mol. The summed E-state index contributed by atoms with van der Waals surface area (Å²) >= 11 is 0. The first-order valence-corrected chi connectivity index (χ1v) is 7.40. The van der Waals surface area contributed by atoms with E-state index in [1.54, 1.807) is 7.11 Å². The van der Waals surface area contributed by atoms with E-state index in [9.17, 15) is 4.79 Å². The van der Waals surface area contributed by atoms with Crippen molar-refractivity contribution >= 4 is 5.91 Å². The molecule has 1 aromatic rings. The Balaban J connectivity index is 2.64. The molecule has 0 radical (unpaired) electrons. The molecule has 1 atom stereocenters. The van der Waals surface area contributed by atoms with Crippen LogP contribution in [0.3, 0.4) is 0 Å². The van der Waals surface area contributed by atoms with Crippen LogP contribution in [0.4, 0.5) is 0 Å². The van der Waals surface area contributed by atoms with Crippen molar-refractivity contribution in [2.24, 2.45) is 0 Å². The van der Waals surface area contributed by atoms with Gasteiger partial charge in [0.15, 0.2) is 18.1 Å². The van der Waals surface area contributed by atoms with Gasteiger partial charge in [-0.15, -0.1) is 0 Å². The van der Waals surface area contributed by atoms with Gasteiger partial charge in [-0.3, -0.25) is 4.79 Å². The number of nitrogens with one attached hydrogen (secondary N) is 2. The summed E-state index contributed by atoms with van der Waals surface area (Å²) in [5.41, 5.74) is 1.09. The van der Waals surface area contributed by atoms with Crippen molar-refractivity contribution in [3.63, 3.8) is 0 Å². The first-order valence-electron chi connectivity index (χ1n) is 7.40. The minimum atomic E-state index is -0.122. The summed E-state index contributed by atoms with van der Waals surface area (Å²) < 4.78 is 10.9. The van der Waals surface area contributed by atoms with Crippen molar-refractivity contribution < 1.29 is 14.3 Å². The Morgan fingerprint density at radius 3 is 2.67 bits per heavy atom. The minimum absolute atomic E-state index is 0.00857. The Labute approximate surface area is 127 Å². The number of amides is 1. The van der Waals surface area contributed by atoms with Crippen LogP contribution in [-0.4, -0.2) is 32.2 Å². The number of carbonyl (C=O) groups is 1. The number of hydrogen-bond donors (Lipinski definition) is 2. The lowest BCUT2D eigenvalue weighted by atomic mass is 10.2. The summed E-state index contributed by atoms with van der Waals surface area (Å²) in [5, 5.41) is 6.12. The number of hydrogen-bond acceptors (Lipinski definition) is 4. The van der Waals surface area contributed by atoms with E-state index in [-0.39, 0.29) is 18.6 Å². The van der Waals surface area contributed by atoms with E-state index in [2.05, 4.69) is 17.6 Å². The molecule has 0 aliphatic heterocycles. The van der Waals surface area contributed by atoms with Gasteiger partial charge in [0.05, 0.1) is 7.11 Å². The van der Waals surface area contributed by atoms with Crippen molar-refractivity contribution in [3.05, 3.63) is 23.8 Å². The van der Waals surface area contributed by atoms with Gasteiger partial charge in [0.25, 0.3) is 5.91 Å². The van der Waals surface area contributed by atoms with Gasteiger partial charge >= 0.3 is 0 Å². The highest BCUT2D eigenvalue weighted by Gasteiger charge is 2.10. The maximum Gasteiger partial charge on any atom is 0.258 e. The van der Waals surface area contributed by atoms with Gasteiger partial charge < -0.3 is 20.1 Å². The largest absolute Gasteiger partial charge is 0.493 e. The topological polar surface area (TPSA) is 59.6 Å². The summed E-state index contributed by atoms with van der Waals surface area (Å²) in [5.74, 6) is 1.10. The van der Waals surface area contributed by atoms with Gasteiger partial charge in [0.1, 0.15) is 0 Å². The maximum absolute atomic E-state index is 11.8. The van der Waals surface area contributed by atoms with E-state index >= 15 is 0 Å². The fourth-order valence-electron chi connectivity index (χ4n) is 1.78. The van der Waals surface area contributed by atoms with Crippen LogP contribution in [0.25, 0.3) is 0 Å². The van der Waals surface area contributed by atoms with Crippen LogP contribution >= 0.6 is 0 Å². The average molecular weight is 294 g/mol. The molecule has 5 heteroatoms. The molecule has 1 amide bonds. The SMILES string of the molecule is CCNCc1ccc(OC)c(OCC(=O)NC(C)CC)c1. The van der Waals surface area contributed by atoms with Gasteiger partial charge in [-0.1, -0.05) is 19.9 Å². The second kappa shape index (κ2) is 9.23. The number of benzene rings is 1. The van der Waals surface area contributed by atoms with Crippen LogP contribution in [0.15, 0.2) is 18.2 Å². The van der Waals surface area contributed by atoms with Gasteiger partial charge in [-0.2, -0.15) is 0 Å². The third-order valence-corrected chi connectivity index (χ3v) is 3.19. The second-order valence-electron chi connectivity index (χ2n) is 4.93. The molecule has 21 heavy (non-hydrogen) atoms. The fraction of sp³-hybridized carbons (Fsp3) is 0.562. The zero-order valence-electron chi connectivity index (χ0n) is 13.4. The van der Waals surface area contributed by atoms with Crippen molar-refractivity contribution in [2.75, 3.05) is 20.3 Å². The van der Waals surface area contributed by atoms with Gasteiger partial charge in [-0.25, -0.2) is 0 Å². The predicted octanol–water partition coefficient (Wildman–Crippen LogP) is 2.10. The maximum atomic E-state index is 11.8. The van der Waals surface area contributed by atoms with E-state index in [0.29, 0.717) is 11.5 Å². The van der Waals surface area contributed by atoms with E-state index in [0.717, 1.165) is 25.1 Å². The Kier molecular flexibility index (Phi) is 7.61. The Morgan fingerprint density at radius 2 is 2.05 bits per heavy atom. The Bertz CT molecular complexity index is 449. The molecule has 0 spiro atoms. The minimum Gasteiger partial charge on any atom is -0.493 e. The van der Waals surface area contributed by atoms with Gasteiger partial charge in [-0.05, 0) is 37.6 Å². The zero-order valence-corrected chi connectivity index (χ0v) is 13.4. The smallest absolute Gasteiger partial charge is 0.258 e. The highest BCUT2D eigenvalue weighted by Crippen LogP contribution is 2.28. The summed E-state index contributed by atoms with van der Waals surface area (Å²) in [6, 6.07) is 5.89. The van der Waals surface area contributed by atoms with Crippen molar-refractivity contribution in [2.45, 2.75) is 39.8 Å². The van der Waals surface area contributed by atoms with E-state index in [1.807, 2.05) is 32.0 Å². The lowest BCUT2D eigenvalue weighted by Gasteiger charge is -2.14. The van der Waals surface area contributed by atoms with E-state index < -0.39 is 0 Å². The molecule has 0 saturated carbocycles. The van der Waals surface area contributed by atoms with Crippen LogP contribution < -0.4 is 20.1 Å². The molecule has 0 aromatic heterocycles. The molecule has 2 N–H and O–H groups in total. The molecule has 1 aromatic carbocycles. The molecular formula is C16H26N2O3. The summed E-state index contributed by atoms with van der Waals surface area (Å²) in [6.07, 6.45) is 0.896. The first-order chi connectivity index (χ1) is 10.1. The predicted molar refractivity (Wildman–Crippen MR) is 83.8 cm³/mol. The van der Waals surface area contributed by atoms with E-state index in [1.165, 1.54) is 0 Å². The quantitative estimate of drug-likeness (QED) is 0.732. The summed E-state index contributed by atoms with van der Waals surface area (Å²) in [6.45, 7) is 7.70. The third kappa shape index (κ3) is 6.04. The van der Waals surface area contributed by atoms with Crippen molar-refractivity contribution in [3.8, 4) is 11.5 Å². The van der Waals surface area contributed by atoms with Gasteiger partial charge in [0, 0.05) is 12.6 Å². The first kappa shape index (κ1) is 17.3. The number of carbonyl (C=O) groups excluding carboxylic acids is 1. The van der Waals surface area contributed by atoms with Crippen LogP contribution in [0, 0.1) is 0 Å². The Hall–Kier alpha value is -1.75. The molecule has 0 aliphatic rings. The Morgan fingerprint density at radius 1 is 1.29 bits per heavy atom. The van der Waals surface area contributed by atoms with Crippen molar-refractivity contribution in [1.29, 1.82) is 0 Å². The zero-order chi connectivity index (χ0) is 15.7. The lowest BCUT2D eigenvalue weighted by Crippen LogP contribution is -2.35. The molecule has 0 aliphatic carbocycles. The lowest BCUT2D eigenvalue weighted by molar-refractivity contribution is -0.123. The number of ether oxygens (including phenoxy) is 2. The molecule has 0 heterocycles. The van der Waals surface area contributed by atoms with Crippen LogP contribution in [0.1, 0.15) is 32.8 Å². The molecule has 0 fully saturated rings. The van der Waals surface area contributed by atoms with Crippen LogP contribution in [0.2, 0.25) is 0 Å². The van der Waals surface area contributed by atoms with Crippen LogP contribution in [0.5, 0.6) is 11.5 Å².